The van der Waals surface area contributed by atoms with Crippen molar-refractivity contribution < 1.29 is 0 Å². The quantitative estimate of drug-likeness (QED) is 0.431. The van der Waals surface area contributed by atoms with E-state index >= 15 is 0 Å². The van der Waals surface area contributed by atoms with Crippen LogP contribution in [-0.4, -0.2) is 9.13 Å². The van der Waals surface area contributed by atoms with Crippen LogP contribution >= 0.6 is 22.9 Å². The van der Waals surface area contributed by atoms with Crippen molar-refractivity contribution in [2.45, 2.75) is 45.7 Å². The molecule has 0 bridgehead atoms. The van der Waals surface area contributed by atoms with Gasteiger partial charge in [-0.3, -0.25) is 13.9 Å². The van der Waals surface area contributed by atoms with Crippen molar-refractivity contribution in [1.29, 1.82) is 0 Å². The summed E-state index contributed by atoms with van der Waals surface area (Å²) in [6.45, 7) is 2.67. The number of hydrogen-bond donors (Lipinski definition) is 0. The zero-order valence-corrected chi connectivity index (χ0v) is 18.9. The fourth-order valence-corrected chi connectivity index (χ4v) is 6.02. The molecule has 0 spiro atoms. The summed E-state index contributed by atoms with van der Waals surface area (Å²) in [6.07, 6.45) is 4.10. The smallest absolute Gasteiger partial charge is 0.280 e. The third kappa shape index (κ3) is 3.56. The molecule has 0 atom stereocenters. The Labute approximate surface area is 189 Å². The largest absolute Gasteiger partial charge is 0.332 e. The van der Waals surface area contributed by atoms with Crippen LogP contribution in [0.1, 0.15) is 40.0 Å². The van der Waals surface area contributed by atoms with Gasteiger partial charge in [0.25, 0.3) is 5.56 Å². The van der Waals surface area contributed by atoms with Crippen LogP contribution in [0.5, 0.6) is 0 Å². The van der Waals surface area contributed by atoms with Crippen LogP contribution in [0.4, 0.5) is 0 Å². The lowest BCUT2D eigenvalue weighted by molar-refractivity contribution is 0.635. The standard InChI is InChI=1S/C25H23ClN2O2S/c1-16-8-2-3-9-17(16)14-28-24-22(19-11-5-7-13-21(19)31-24)23(29)27(25(28)30)15-18-10-4-6-12-20(18)26/h2-4,6,8-10,12H,5,7,11,13-15H2,1H3. The Bertz CT molecular complexity index is 1410. The number of aromatic nitrogens is 2. The van der Waals surface area contributed by atoms with E-state index < -0.39 is 0 Å². The molecule has 1 aliphatic rings. The molecule has 2 heterocycles. The molecule has 0 amide bonds. The Morgan fingerprint density at radius 1 is 0.903 bits per heavy atom. The minimum absolute atomic E-state index is 0.172. The first kappa shape index (κ1) is 20.3. The summed E-state index contributed by atoms with van der Waals surface area (Å²) in [5.74, 6) is 0. The first-order chi connectivity index (χ1) is 15.0. The van der Waals surface area contributed by atoms with Crippen LogP contribution in [0, 0.1) is 6.92 Å². The maximum absolute atomic E-state index is 13.6. The van der Waals surface area contributed by atoms with E-state index in [0.717, 1.165) is 58.2 Å². The van der Waals surface area contributed by atoms with E-state index in [1.165, 1.54) is 9.44 Å². The van der Waals surface area contributed by atoms with Gasteiger partial charge in [-0.2, -0.15) is 0 Å². The second-order valence-corrected chi connectivity index (χ2v) is 9.66. The molecule has 4 aromatic rings. The van der Waals surface area contributed by atoms with Crippen LogP contribution in [-0.2, 0) is 25.9 Å². The van der Waals surface area contributed by atoms with Gasteiger partial charge in [0.2, 0.25) is 0 Å². The topological polar surface area (TPSA) is 44.0 Å². The van der Waals surface area contributed by atoms with E-state index in [2.05, 4.69) is 13.0 Å². The van der Waals surface area contributed by atoms with Gasteiger partial charge in [-0.25, -0.2) is 4.79 Å². The first-order valence-electron chi connectivity index (χ1n) is 10.6. The van der Waals surface area contributed by atoms with Gasteiger partial charge in [0, 0.05) is 9.90 Å². The molecule has 5 rings (SSSR count). The van der Waals surface area contributed by atoms with Crippen LogP contribution in [0.25, 0.3) is 10.2 Å². The van der Waals surface area contributed by atoms with Gasteiger partial charge >= 0.3 is 5.69 Å². The Hall–Kier alpha value is -2.63. The lowest BCUT2D eigenvalue weighted by Crippen LogP contribution is -2.40. The third-order valence-corrected chi connectivity index (χ3v) is 7.88. The number of hydrogen-bond acceptors (Lipinski definition) is 3. The predicted molar refractivity (Wildman–Crippen MR) is 128 cm³/mol. The lowest BCUT2D eigenvalue weighted by atomic mass is 9.97. The van der Waals surface area contributed by atoms with Crippen molar-refractivity contribution >= 4 is 33.2 Å². The van der Waals surface area contributed by atoms with Crippen molar-refractivity contribution in [2.24, 2.45) is 0 Å². The predicted octanol–water partition coefficient (Wildman–Crippen LogP) is 5.16. The monoisotopic (exact) mass is 450 g/mol. The molecule has 1 aliphatic carbocycles. The highest BCUT2D eigenvalue weighted by atomic mass is 35.5. The average molecular weight is 451 g/mol. The Balaban J connectivity index is 1.77. The summed E-state index contributed by atoms with van der Waals surface area (Å²) in [5.41, 5.74) is 3.66. The number of thiophene rings is 1. The summed E-state index contributed by atoms with van der Waals surface area (Å²) in [6, 6.07) is 15.5. The normalized spacial score (nSPS) is 13.5. The van der Waals surface area contributed by atoms with Crippen LogP contribution < -0.4 is 11.2 Å². The van der Waals surface area contributed by atoms with Crippen molar-refractivity contribution in [3.8, 4) is 0 Å². The molecule has 0 saturated carbocycles. The maximum Gasteiger partial charge on any atom is 0.332 e. The fraction of sp³-hybridized carbons (Fsp3) is 0.280. The highest BCUT2D eigenvalue weighted by molar-refractivity contribution is 7.18. The molecule has 6 heteroatoms. The van der Waals surface area contributed by atoms with Gasteiger partial charge in [-0.1, -0.05) is 54.1 Å². The highest BCUT2D eigenvalue weighted by Crippen LogP contribution is 2.34. The molecule has 0 N–H and O–H groups in total. The molecule has 4 nitrogen and oxygen atoms in total. The van der Waals surface area contributed by atoms with Gasteiger partial charge < -0.3 is 0 Å². The van der Waals surface area contributed by atoms with Gasteiger partial charge in [0.15, 0.2) is 0 Å². The van der Waals surface area contributed by atoms with Gasteiger partial charge in [0.05, 0.1) is 18.5 Å². The Kier molecular flexibility index (Phi) is 5.32. The summed E-state index contributed by atoms with van der Waals surface area (Å²) < 4.78 is 3.16. The molecule has 2 aromatic heterocycles. The zero-order valence-electron chi connectivity index (χ0n) is 17.4. The van der Waals surface area contributed by atoms with Crippen LogP contribution in [0.15, 0.2) is 58.1 Å². The molecular weight excluding hydrogens is 428 g/mol. The molecule has 2 aromatic carbocycles. The maximum atomic E-state index is 13.6. The SMILES string of the molecule is Cc1ccccc1Cn1c(=O)n(Cc2ccccc2Cl)c(=O)c2c3c(sc21)CCCC3. The second-order valence-electron chi connectivity index (χ2n) is 8.17. The summed E-state index contributed by atoms with van der Waals surface area (Å²) in [4.78, 5) is 29.3. The fourth-order valence-electron chi connectivity index (χ4n) is 4.45. The molecule has 0 unspecified atom stereocenters. The van der Waals surface area contributed by atoms with E-state index in [1.807, 2.05) is 36.4 Å². The number of benzene rings is 2. The molecule has 0 fully saturated rings. The third-order valence-electron chi connectivity index (χ3n) is 6.19. The van der Waals surface area contributed by atoms with E-state index in [4.69, 9.17) is 11.6 Å². The van der Waals surface area contributed by atoms with Crippen molar-refractivity contribution in [3.05, 3.63) is 102 Å². The number of halogens is 1. The first-order valence-corrected chi connectivity index (χ1v) is 11.8. The summed E-state index contributed by atoms with van der Waals surface area (Å²) in [5, 5.41) is 1.28. The molecule has 0 aliphatic heterocycles. The Morgan fingerprint density at radius 3 is 2.35 bits per heavy atom. The minimum Gasteiger partial charge on any atom is -0.280 e. The zero-order chi connectivity index (χ0) is 21.5. The van der Waals surface area contributed by atoms with Gasteiger partial charge in [-0.05, 0) is 60.9 Å². The summed E-state index contributed by atoms with van der Waals surface area (Å²) >= 11 is 7.98. The number of aryl methyl sites for hydroxylation is 3. The molecular formula is C25H23ClN2O2S. The number of fused-ring (bicyclic) bond motifs is 3. The van der Waals surface area contributed by atoms with Crippen molar-refractivity contribution in [3.63, 3.8) is 0 Å². The van der Waals surface area contributed by atoms with Gasteiger partial charge in [0.1, 0.15) is 4.83 Å². The summed E-state index contributed by atoms with van der Waals surface area (Å²) in [7, 11) is 0. The number of nitrogens with zero attached hydrogens (tertiary/aromatic N) is 2. The van der Waals surface area contributed by atoms with E-state index in [1.54, 1.807) is 22.0 Å². The van der Waals surface area contributed by atoms with E-state index in [0.29, 0.717) is 11.6 Å². The Morgan fingerprint density at radius 2 is 1.58 bits per heavy atom. The average Bonchev–Trinajstić information content (AvgIpc) is 3.16. The van der Waals surface area contributed by atoms with E-state index in [9.17, 15) is 9.59 Å². The molecule has 0 radical (unpaired) electrons. The molecule has 0 saturated heterocycles. The number of rotatable bonds is 4. The van der Waals surface area contributed by atoms with E-state index in [-0.39, 0.29) is 17.8 Å². The highest BCUT2D eigenvalue weighted by Gasteiger charge is 2.24. The van der Waals surface area contributed by atoms with Crippen molar-refractivity contribution in [2.75, 3.05) is 0 Å². The van der Waals surface area contributed by atoms with Gasteiger partial charge in [-0.15, -0.1) is 11.3 Å². The minimum atomic E-state index is -0.278. The molecule has 158 valence electrons. The molecule has 31 heavy (non-hydrogen) atoms. The van der Waals surface area contributed by atoms with Crippen molar-refractivity contribution in [1.82, 2.24) is 9.13 Å². The van der Waals surface area contributed by atoms with Crippen LogP contribution in [0.3, 0.4) is 0 Å². The van der Waals surface area contributed by atoms with Crippen LogP contribution in [0.2, 0.25) is 5.02 Å². The lowest BCUT2D eigenvalue weighted by Gasteiger charge is -2.15. The second kappa shape index (κ2) is 8.13.